The second-order valence-electron chi connectivity index (χ2n) is 3.77. The predicted molar refractivity (Wildman–Crippen MR) is 60.1 cm³/mol. The summed E-state index contributed by atoms with van der Waals surface area (Å²) in [5.74, 6) is 0.732. The topological polar surface area (TPSA) is 33.1 Å². The lowest BCUT2D eigenvalue weighted by atomic mass is 10.0. The summed E-state index contributed by atoms with van der Waals surface area (Å²) in [7, 11) is 0. The first-order valence-corrected chi connectivity index (χ1v) is 5.49. The van der Waals surface area contributed by atoms with Crippen molar-refractivity contribution >= 4 is 21.6 Å². The van der Waals surface area contributed by atoms with E-state index >= 15 is 0 Å². The van der Waals surface area contributed by atoms with E-state index in [1.807, 2.05) is 13.0 Å². The smallest absolute Gasteiger partial charge is 0.117 e. The van der Waals surface area contributed by atoms with E-state index in [1.165, 1.54) is 0 Å². The van der Waals surface area contributed by atoms with E-state index in [2.05, 4.69) is 18.8 Å². The zero-order chi connectivity index (χ0) is 10.3. The van der Waals surface area contributed by atoms with Gasteiger partial charge in [0.2, 0.25) is 0 Å². The molecule has 74 valence electrons. The van der Waals surface area contributed by atoms with Crippen molar-refractivity contribution in [2.45, 2.75) is 26.7 Å². The third kappa shape index (κ3) is 1.48. The van der Waals surface area contributed by atoms with Crippen LogP contribution >= 0.6 is 11.3 Å². The van der Waals surface area contributed by atoms with Crippen molar-refractivity contribution in [2.75, 3.05) is 0 Å². The lowest BCUT2D eigenvalue weighted by molar-refractivity contribution is 0.475. The van der Waals surface area contributed by atoms with E-state index in [-0.39, 0.29) is 0 Å². The van der Waals surface area contributed by atoms with Gasteiger partial charge in [0, 0.05) is 0 Å². The number of benzene rings is 1. The highest BCUT2D eigenvalue weighted by Gasteiger charge is 2.10. The molecule has 0 amide bonds. The Bertz CT molecular complexity index is 473. The average Bonchev–Trinajstić information content (AvgIpc) is 2.42. The quantitative estimate of drug-likeness (QED) is 0.777. The van der Waals surface area contributed by atoms with Gasteiger partial charge in [-0.1, -0.05) is 13.8 Å². The maximum atomic E-state index is 9.55. The van der Waals surface area contributed by atoms with Gasteiger partial charge in [-0.05, 0) is 30.5 Å². The van der Waals surface area contributed by atoms with Crippen LogP contribution in [-0.4, -0.2) is 10.1 Å². The van der Waals surface area contributed by atoms with Crippen LogP contribution in [0.25, 0.3) is 10.2 Å². The lowest BCUT2D eigenvalue weighted by Gasteiger charge is -2.06. The molecule has 0 spiro atoms. The van der Waals surface area contributed by atoms with E-state index < -0.39 is 0 Å². The minimum Gasteiger partial charge on any atom is -0.508 e. The van der Waals surface area contributed by atoms with Crippen LogP contribution in [0.4, 0.5) is 0 Å². The maximum Gasteiger partial charge on any atom is 0.117 e. The van der Waals surface area contributed by atoms with Crippen LogP contribution < -0.4 is 0 Å². The first-order valence-electron chi connectivity index (χ1n) is 4.68. The molecule has 0 aliphatic rings. The van der Waals surface area contributed by atoms with E-state index in [9.17, 15) is 5.11 Å². The summed E-state index contributed by atoms with van der Waals surface area (Å²) in [5.41, 5.74) is 2.17. The molecule has 1 heterocycles. The first-order chi connectivity index (χ1) is 6.58. The molecule has 0 saturated carbocycles. The van der Waals surface area contributed by atoms with Crippen molar-refractivity contribution in [3.05, 3.63) is 22.7 Å². The number of hydrogen-bond donors (Lipinski definition) is 1. The third-order valence-electron chi connectivity index (χ3n) is 2.24. The molecule has 0 unspecified atom stereocenters. The SMILES string of the molecule is Cc1nc2c(C(C)C)cc(O)cc2s1. The summed E-state index contributed by atoms with van der Waals surface area (Å²) in [4.78, 5) is 4.48. The number of rotatable bonds is 1. The molecular formula is C11H13NOS. The number of aromatic hydroxyl groups is 1. The highest BCUT2D eigenvalue weighted by atomic mass is 32.1. The normalized spacial score (nSPS) is 11.4. The molecule has 1 aromatic carbocycles. The molecule has 2 aromatic rings. The summed E-state index contributed by atoms with van der Waals surface area (Å²) in [6, 6.07) is 3.60. The number of phenolic OH excluding ortho intramolecular Hbond substituents is 1. The van der Waals surface area contributed by atoms with Crippen LogP contribution in [0.2, 0.25) is 0 Å². The Balaban J connectivity index is 2.79. The monoisotopic (exact) mass is 207 g/mol. The summed E-state index contributed by atoms with van der Waals surface area (Å²) < 4.78 is 1.08. The van der Waals surface area contributed by atoms with Gasteiger partial charge in [0.15, 0.2) is 0 Å². The summed E-state index contributed by atoms with van der Waals surface area (Å²) in [6.07, 6.45) is 0. The van der Waals surface area contributed by atoms with Crippen molar-refractivity contribution < 1.29 is 5.11 Å². The lowest BCUT2D eigenvalue weighted by Crippen LogP contribution is -1.88. The van der Waals surface area contributed by atoms with E-state index in [0.29, 0.717) is 11.7 Å². The summed E-state index contributed by atoms with van der Waals surface area (Å²) in [6.45, 7) is 6.22. The molecular weight excluding hydrogens is 194 g/mol. The fourth-order valence-corrected chi connectivity index (χ4v) is 2.49. The number of hydrogen-bond acceptors (Lipinski definition) is 3. The fourth-order valence-electron chi connectivity index (χ4n) is 1.59. The van der Waals surface area contributed by atoms with Crippen LogP contribution in [0.5, 0.6) is 5.75 Å². The Morgan fingerprint density at radius 2 is 2.07 bits per heavy atom. The van der Waals surface area contributed by atoms with E-state index in [4.69, 9.17) is 0 Å². The first kappa shape index (κ1) is 9.46. The molecule has 1 N–H and O–H groups in total. The van der Waals surface area contributed by atoms with Gasteiger partial charge in [-0.2, -0.15) is 0 Å². The van der Waals surface area contributed by atoms with Gasteiger partial charge in [0.25, 0.3) is 0 Å². The molecule has 2 nitrogen and oxygen atoms in total. The van der Waals surface area contributed by atoms with Gasteiger partial charge in [-0.25, -0.2) is 4.98 Å². The minimum atomic E-state index is 0.338. The number of aromatic nitrogens is 1. The van der Waals surface area contributed by atoms with Crippen molar-refractivity contribution in [1.29, 1.82) is 0 Å². The Kier molecular flexibility index (Phi) is 2.19. The molecule has 0 radical (unpaired) electrons. The van der Waals surface area contributed by atoms with Crippen molar-refractivity contribution in [3.8, 4) is 5.75 Å². The van der Waals surface area contributed by atoms with Crippen LogP contribution in [0.15, 0.2) is 12.1 Å². The molecule has 0 aliphatic heterocycles. The van der Waals surface area contributed by atoms with Gasteiger partial charge in [-0.3, -0.25) is 0 Å². The van der Waals surface area contributed by atoms with Crippen LogP contribution in [0.1, 0.15) is 30.3 Å². The summed E-state index contributed by atoms with van der Waals surface area (Å²) >= 11 is 1.63. The second kappa shape index (κ2) is 3.24. The van der Waals surface area contributed by atoms with Crippen molar-refractivity contribution in [3.63, 3.8) is 0 Å². The van der Waals surface area contributed by atoms with E-state index in [1.54, 1.807) is 17.4 Å². The molecule has 3 heteroatoms. The van der Waals surface area contributed by atoms with Crippen molar-refractivity contribution in [2.24, 2.45) is 0 Å². The van der Waals surface area contributed by atoms with Crippen LogP contribution in [0.3, 0.4) is 0 Å². The zero-order valence-corrected chi connectivity index (χ0v) is 9.35. The fraction of sp³-hybridized carbons (Fsp3) is 0.364. The van der Waals surface area contributed by atoms with Gasteiger partial charge < -0.3 is 5.11 Å². The molecule has 2 rings (SSSR count). The molecule has 14 heavy (non-hydrogen) atoms. The molecule has 1 aromatic heterocycles. The molecule has 0 fully saturated rings. The minimum absolute atomic E-state index is 0.338. The number of phenols is 1. The van der Waals surface area contributed by atoms with Crippen molar-refractivity contribution in [1.82, 2.24) is 4.98 Å². The largest absolute Gasteiger partial charge is 0.508 e. The second-order valence-corrected chi connectivity index (χ2v) is 5.00. The predicted octanol–water partition coefficient (Wildman–Crippen LogP) is 3.43. The van der Waals surface area contributed by atoms with Gasteiger partial charge in [0.1, 0.15) is 5.75 Å². The van der Waals surface area contributed by atoms with Crippen LogP contribution in [-0.2, 0) is 0 Å². The Morgan fingerprint density at radius 1 is 1.36 bits per heavy atom. The third-order valence-corrected chi connectivity index (χ3v) is 3.16. The maximum absolute atomic E-state index is 9.55. The molecule has 0 atom stereocenters. The average molecular weight is 207 g/mol. The number of aryl methyl sites for hydroxylation is 1. The van der Waals surface area contributed by atoms with Gasteiger partial charge in [-0.15, -0.1) is 11.3 Å². The highest BCUT2D eigenvalue weighted by Crippen LogP contribution is 2.32. The number of nitrogens with zero attached hydrogens (tertiary/aromatic N) is 1. The zero-order valence-electron chi connectivity index (χ0n) is 8.53. The Hall–Kier alpha value is -1.09. The molecule has 0 bridgehead atoms. The number of thiazole rings is 1. The van der Waals surface area contributed by atoms with Gasteiger partial charge >= 0.3 is 0 Å². The highest BCUT2D eigenvalue weighted by molar-refractivity contribution is 7.18. The van der Waals surface area contributed by atoms with Gasteiger partial charge in [0.05, 0.1) is 15.2 Å². The molecule has 0 aliphatic carbocycles. The Labute approximate surface area is 87.2 Å². The van der Waals surface area contributed by atoms with E-state index in [0.717, 1.165) is 20.8 Å². The number of fused-ring (bicyclic) bond motifs is 1. The summed E-state index contributed by atoms with van der Waals surface area (Å²) in [5, 5.41) is 10.6. The molecule has 0 saturated heterocycles. The van der Waals surface area contributed by atoms with Crippen LogP contribution in [0, 0.1) is 6.92 Å². The standard InChI is InChI=1S/C11H13NOS/c1-6(2)9-4-8(13)5-10-11(9)12-7(3)14-10/h4-6,13H,1-3H3. The Morgan fingerprint density at radius 3 is 2.71 bits per heavy atom.